The average Bonchev–Trinajstić information content (AvgIpc) is 2.73. The summed E-state index contributed by atoms with van der Waals surface area (Å²) in [4.78, 5) is 0. The number of hydrogen-bond donors (Lipinski definition) is 1. The van der Waals surface area contributed by atoms with E-state index in [-0.39, 0.29) is 0 Å². The zero-order valence-electron chi connectivity index (χ0n) is 12.6. The second-order valence-electron chi connectivity index (χ2n) is 5.57. The van der Waals surface area contributed by atoms with E-state index in [9.17, 15) is 0 Å². The molecule has 1 N–H and O–H groups in total. The van der Waals surface area contributed by atoms with Gasteiger partial charge in [-0.05, 0) is 30.5 Å². The Morgan fingerprint density at radius 3 is 2.70 bits per heavy atom. The Bertz CT molecular complexity index is 373. The van der Waals surface area contributed by atoms with Gasteiger partial charge in [0.2, 0.25) is 0 Å². The van der Waals surface area contributed by atoms with Gasteiger partial charge in [0.15, 0.2) is 0 Å². The van der Waals surface area contributed by atoms with Gasteiger partial charge >= 0.3 is 0 Å². The second kappa shape index (κ2) is 8.98. The molecule has 0 heterocycles. The number of ether oxygens (including phenoxy) is 2. The topological polar surface area (TPSA) is 30.5 Å². The van der Waals surface area contributed by atoms with Crippen molar-refractivity contribution in [3.05, 3.63) is 29.8 Å². The van der Waals surface area contributed by atoms with Crippen LogP contribution in [0.2, 0.25) is 0 Å². The lowest BCUT2D eigenvalue weighted by Gasteiger charge is -2.16. The lowest BCUT2D eigenvalue weighted by molar-refractivity contribution is 0.184. The first-order valence-electron chi connectivity index (χ1n) is 7.82. The van der Waals surface area contributed by atoms with Crippen molar-refractivity contribution in [1.82, 2.24) is 5.32 Å². The minimum absolute atomic E-state index is 0.636. The lowest BCUT2D eigenvalue weighted by atomic mass is 10.1. The van der Waals surface area contributed by atoms with Crippen molar-refractivity contribution >= 4 is 0 Å². The normalized spacial score (nSPS) is 16.9. The summed E-state index contributed by atoms with van der Waals surface area (Å²) in [5.41, 5.74) is 1.15. The van der Waals surface area contributed by atoms with Crippen LogP contribution in [0.25, 0.3) is 0 Å². The molecule has 3 heteroatoms. The maximum atomic E-state index is 5.80. The van der Waals surface area contributed by atoms with Gasteiger partial charge < -0.3 is 14.8 Å². The molecule has 112 valence electrons. The standard InChI is InChI=1S/C17H27NO2/c1-19-14-15-7-6-10-17(13-15)20-12-11-18-16-8-4-2-3-5-9-16/h6-7,10,13,16,18H,2-5,8-9,11-12,14H2,1H3. The number of methoxy groups -OCH3 is 1. The first kappa shape index (κ1) is 15.3. The molecule has 0 atom stereocenters. The molecule has 20 heavy (non-hydrogen) atoms. The molecule has 0 aliphatic heterocycles. The quantitative estimate of drug-likeness (QED) is 0.611. The van der Waals surface area contributed by atoms with Crippen LogP contribution in [0, 0.1) is 0 Å². The van der Waals surface area contributed by atoms with Gasteiger partial charge in [-0.1, -0.05) is 37.8 Å². The van der Waals surface area contributed by atoms with Crippen LogP contribution in [0.4, 0.5) is 0 Å². The van der Waals surface area contributed by atoms with Gasteiger partial charge in [0.05, 0.1) is 6.61 Å². The molecule has 0 amide bonds. The van der Waals surface area contributed by atoms with E-state index in [1.165, 1.54) is 38.5 Å². The van der Waals surface area contributed by atoms with Crippen LogP contribution in [0.5, 0.6) is 5.75 Å². The van der Waals surface area contributed by atoms with Crippen LogP contribution in [-0.4, -0.2) is 26.3 Å². The summed E-state index contributed by atoms with van der Waals surface area (Å²) >= 11 is 0. The summed E-state index contributed by atoms with van der Waals surface area (Å²) in [5.74, 6) is 0.933. The Morgan fingerprint density at radius 1 is 1.15 bits per heavy atom. The maximum Gasteiger partial charge on any atom is 0.119 e. The zero-order chi connectivity index (χ0) is 14.0. The SMILES string of the molecule is COCc1cccc(OCCNC2CCCCCC2)c1. The molecule has 0 aromatic heterocycles. The molecule has 1 aromatic carbocycles. The second-order valence-corrected chi connectivity index (χ2v) is 5.57. The maximum absolute atomic E-state index is 5.80. The van der Waals surface area contributed by atoms with Crippen molar-refractivity contribution in [3.63, 3.8) is 0 Å². The van der Waals surface area contributed by atoms with Crippen LogP contribution in [-0.2, 0) is 11.3 Å². The predicted octanol–water partition coefficient (Wildman–Crippen LogP) is 3.52. The van der Waals surface area contributed by atoms with Gasteiger partial charge in [-0.25, -0.2) is 0 Å². The highest BCUT2D eigenvalue weighted by Gasteiger charge is 2.10. The highest BCUT2D eigenvalue weighted by molar-refractivity contribution is 5.28. The highest BCUT2D eigenvalue weighted by Crippen LogP contribution is 2.17. The van der Waals surface area contributed by atoms with Crippen molar-refractivity contribution in [1.29, 1.82) is 0 Å². The molecular weight excluding hydrogens is 250 g/mol. The fraction of sp³-hybridized carbons (Fsp3) is 0.647. The van der Waals surface area contributed by atoms with Gasteiger partial charge in [-0.3, -0.25) is 0 Å². The number of hydrogen-bond acceptors (Lipinski definition) is 3. The van der Waals surface area contributed by atoms with Crippen molar-refractivity contribution in [2.75, 3.05) is 20.3 Å². The first-order chi connectivity index (χ1) is 9.88. The fourth-order valence-corrected chi connectivity index (χ4v) is 2.81. The Morgan fingerprint density at radius 2 is 1.95 bits per heavy atom. The summed E-state index contributed by atoms with van der Waals surface area (Å²) in [6.07, 6.45) is 8.20. The number of nitrogens with one attached hydrogen (secondary N) is 1. The van der Waals surface area contributed by atoms with E-state index in [2.05, 4.69) is 17.4 Å². The van der Waals surface area contributed by atoms with E-state index in [1.807, 2.05) is 12.1 Å². The molecule has 0 spiro atoms. The van der Waals surface area contributed by atoms with E-state index in [1.54, 1.807) is 7.11 Å². The monoisotopic (exact) mass is 277 g/mol. The predicted molar refractivity (Wildman–Crippen MR) is 82.1 cm³/mol. The number of benzene rings is 1. The van der Waals surface area contributed by atoms with E-state index in [4.69, 9.17) is 9.47 Å². The molecule has 1 fully saturated rings. The van der Waals surface area contributed by atoms with Crippen LogP contribution in [0.15, 0.2) is 24.3 Å². The molecule has 1 aromatic rings. The molecule has 0 unspecified atom stereocenters. The average molecular weight is 277 g/mol. The van der Waals surface area contributed by atoms with Crippen LogP contribution in [0.3, 0.4) is 0 Å². The Kier molecular flexibility index (Phi) is 6.89. The summed E-state index contributed by atoms with van der Waals surface area (Å²) in [5, 5.41) is 3.62. The van der Waals surface area contributed by atoms with Crippen molar-refractivity contribution < 1.29 is 9.47 Å². The molecule has 1 aliphatic rings. The molecule has 0 saturated heterocycles. The van der Waals surface area contributed by atoms with E-state index in [0.717, 1.165) is 24.5 Å². The molecule has 0 bridgehead atoms. The Balaban J connectivity index is 1.66. The van der Waals surface area contributed by atoms with Crippen LogP contribution >= 0.6 is 0 Å². The third-order valence-corrected chi connectivity index (χ3v) is 3.87. The van der Waals surface area contributed by atoms with Gasteiger partial charge in [0.1, 0.15) is 12.4 Å². The third kappa shape index (κ3) is 5.51. The van der Waals surface area contributed by atoms with E-state index >= 15 is 0 Å². The minimum atomic E-state index is 0.636. The zero-order valence-corrected chi connectivity index (χ0v) is 12.6. The molecular formula is C17H27NO2. The molecule has 0 radical (unpaired) electrons. The molecule has 1 saturated carbocycles. The summed E-state index contributed by atoms with van der Waals surface area (Å²) < 4.78 is 10.9. The molecule has 2 rings (SSSR count). The van der Waals surface area contributed by atoms with E-state index < -0.39 is 0 Å². The van der Waals surface area contributed by atoms with E-state index in [0.29, 0.717) is 12.6 Å². The third-order valence-electron chi connectivity index (χ3n) is 3.87. The van der Waals surface area contributed by atoms with Crippen LogP contribution in [0.1, 0.15) is 44.1 Å². The van der Waals surface area contributed by atoms with Gasteiger partial charge in [0.25, 0.3) is 0 Å². The fourth-order valence-electron chi connectivity index (χ4n) is 2.81. The largest absolute Gasteiger partial charge is 0.492 e. The first-order valence-corrected chi connectivity index (χ1v) is 7.82. The summed E-state index contributed by atoms with van der Waals surface area (Å²) in [7, 11) is 1.71. The minimum Gasteiger partial charge on any atom is -0.492 e. The summed E-state index contributed by atoms with van der Waals surface area (Å²) in [6, 6.07) is 8.82. The highest BCUT2D eigenvalue weighted by atomic mass is 16.5. The van der Waals surface area contributed by atoms with Crippen molar-refractivity contribution in [3.8, 4) is 5.75 Å². The van der Waals surface area contributed by atoms with Crippen molar-refractivity contribution in [2.45, 2.75) is 51.2 Å². The molecule has 1 aliphatic carbocycles. The summed E-state index contributed by atoms with van der Waals surface area (Å²) in [6.45, 7) is 2.30. The Labute approximate surface area is 122 Å². The van der Waals surface area contributed by atoms with Gasteiger partial charge in [0, 0.05) is 19.7 Å². The van der Waals surface area contributed by atoms with Crippen LogP contribution < -0.4 is 10.1 Å². The number of rotatable bonds is 7. The Hall–Kier alpha value is -1.06. The van der Waals surface area contributed by atoms with Gasteiger partial charge in [-0.15, -0.1) is 0 Å². The smallest absolute Gasteiger partial charge is 0.119 e. The molecule has 3 nitrogen and oxygen atoms in total. The lowest BCUT2D eigenvalue weighted by Crippen LogP contribution is -2.32. The van der Waals surface area contributed by atoms with Gasteiger partial charge in [-0.2, -0.15) is 0 Å². The van der Waals surface area contributed by atoms with Crippen molar-refractivity contribution in [2.24, 2.45) is 0 Å².